The second kappa shape index (κ2) is 8.69. The number of piperazine rings is 1. The molecule has 1 fully saturated rings. The molecule has 3 aromatic rings. The third-order valence-corrected chi connectivity index (χ3v) is 6.14. The molecule has 0 spiro atoms. The van der Waals surface area contributed by atoms with Crippen LogP contribution in [0.25, 0.3) is 11.0 Å². The third kappa shape index (κ3) is 4.55. The molecule has 0 radical (unpaired) electrons. The number of benzene rings is 2. The molecular formula is C23H26BrN3O2. The number of aryl methyl sites for hydroxylation is 1. The number of likely N-dealkylation sites (N-methyl/N-ethyl adjacent to an activating group) is 1. The van der Waals surface area contributed by atoms with Crippen molar-refractivity contribution in [3.05, 3.63) is 69.9 Å². The zero-order valence-corrected chi connectivity index (χ0v) is 18.4. The Hall–Kier alpha value is -2.15. The quantitative estimate of drug-likeness (QED) is 0.625. The maximum absolute atomic E-state index is 13.2. The summed E-state index contributed by atoms with van der Waals surface area (Å²) in [4.78, 5) is 17.9. The van der Waals surface area contributed by atoms with Gasteiger partial charge in [0.1, 0.15) is 5.58 Å². The van der Waals surface area contributed by atoms with E-state index in [-0.39, 0.29) is 11.9 Å². The average Bonchev–Trinajstić information content (AvgIpc) is 3.06. The number of halogens is 1. The van der Waals surface area contributed by atoms with E-state index in [0.29, 0.717) is 5.76 Å². The maximum atomic E-state index is 13.2. The molecule has 1 aliphatic rings. The molecule has 1 aromatic heterocycles. The molecule has 4 rings (SSSR count). The summed E-state index contributed by atoms with van der Waals surface area (Å²) in [5, 5.41) is 4.18. The molecule has 1 unspecified atom stereocenters. The number of nitrogens with zero attached hydrogens (tertiary/aromatic N) is 2. The minimum atomic E-state index is -0.169. The summed E-state index contributed by atoms with van der Waals surface area (Å²) in [5.74, 6) is 0.218. The highest BCUT2D eigenvalue weighted by Gasteiger charge is 2.24. The number of rotatable bonds is 5. The number of furan rings is 1. The van der Waals surface area contributed by atoms with Gasteiger partial charge < -0.3 is 14.6 Å². The van der Waals surface area contributed by atoms with Crippen molar-refractivity contribution in [3.63, 3.8) is 0 Å². The van der Waals surface area contributed by atoms with E-state index in [1.807, 2.05) is 43.3 Å². The van der Waals surface area contributed by atoms with Gasteiger partial charge in [0, 0.05) is 48.1 Å². The van der Waals surface area contributed by atoms with Crippen LogP contribution in [0.15, 0.2) is 57.4 Å². The Morgan fingerprint density at radius 3 is 2.59 bits per heavy atom. The Kier molecular flexibility index (Phi) is 6.04. The number of amides is 1. The lowest BCUT2D eigenvalue weighted by Crippen LogP contribution is -2.47. The summed E-state index contributed by atoms with van der Waals surface area (Å²) in [6.07, 6.45) is 0. The highest BCUT2D eigenvalue weighted by molar-refractivity contribution is 9.10. The summed E-state index contributed by atoms with van der Waals surface area (Å²) in [6.45, 7) is 6.83. The zero-order chi connectivity index (χ0) is 20.4. The molecule has 0 bridgehead atoms. The first-order valence-corrected chi connectivity index (χ1v) is 10.8. The number of carbonyl (C=O) groups is 1. The average molecular weight is 456 g/mol. The van der Waals surface area contributed by atoms with Crippen molar-refractivity contribution in [2.24, 2.45) is 0 Å². The van der Waals surface area contributed by atoms with Crippen LogP contribution in [0.2, 0.25) is 0 Å². The van der Waals surface area contributed by atoms with Crippen molar-refractivity contribution >= 4 is 32.8 Å². The van der Waals surface area contributed by atoms with Crippen LogP contribution in [0.1, 0.15) is 27.7 Å². The van der Waals surface area contributed by atoms with Gasteiger partial charge in [0.25, 0.3) is 5.91 Å². The summed E-state index contributed by atoms with van der Waals surface area (Å²) in [7, 11) is 2.15. The smallest absolute Gasteiger partial charge is 0.287 e. The van der Waals surface area contributed by atoms with Crippen molar-refractivity contribution in [2.45, 2.75) is 13.0 Å². The van der Waals surface area contributed by atoms with Crippen molar-refractivity contribution < 1.29 is 9.21 Å². The lowest BCUT2D eigenvalue weighted by molar-refractivity contribution is 0.0881. The van der Waals surface area contributed by atoms with Gasteiger partial charge in [0.15, 0.2) is 5.76 Å². The first-order valence-electron chi connectivity index (χ1n) is 9.96. The van der Waals surface area contributed by atoms with E-state index >= 15 is 0 Å². The van der Waals surface area contributed by atoms with Gasteiger partial charge in [-0.3, -0.25) is 9.69 Å². The molecule has 0 saturated carbocycles. The SMILES string of the molecule is Cc1c(C(=O)NC(CN2CCN(C)CC2)c2ccccc2)oc2ccc(Br)cc12. The Morgan fingerprint density at radius 2 is 1.86 bits per heavy atom. The monoisotopic (exact) mass is 455 g/mol. The van der Waals surface area contributed by atoms with Crippen molar-refractivity contribution in [1.29, 1.82) is 0 Å². The number of hydrogen-bond donors (Lipinski definition) is 1. The minimum absolute atomic E-state index is 0.0912. The molecule has 2 aromatic carbocycles. The van der Waals surface area contributed by atoms with E-state index in [2.05, 4.69) is 50.2 Å². The number of fused-ring (bicyclic) bond motifs is 1. The molecule has 6 heteroatoms. The predicted octanol–water partition coefficient (Wildman–Crippen LogP) is 4.22. The van der Waals surface area contributed by atoms with Crippen LogP contribution >= 0.6 is 15.9 Å². The van der Waals surface area contributed by atoms with Gasteiger partial charge in [0.05, 0.1) is 6.04 Å². The Bertz CT molecular complexity index is 994. The first kappa shape index (κ1) is 20.1. The van der Waals surface area contributed by atoms with Crippen LogP contribution < -0.4 is 5.32 Å². The van der Waals surface area contributed by atoms with Gasteiger partial charge in [-0.05, 0) is 37.7 Å². The Labute approximate surface area is 179 Å². The molecule has 5 nitrogen and oxygen atoms in total. The molecule has 152 valence electrons. The summed E-state index contributed by atoms with van der Waals surface area (Å²) in [5.41, 5.74) is 2.70. The highest BCUT2D eigenvalue weighted by Crippen LogP contribution is 2.28. The number of nitrogens with one attached hydrogen (secondary N) is 1. The van der Waals surface area contributed by atoms with E-state index in [1.165, 1.54) is 0 Å². The fraction of sp³-hybridized carbons (Fsp3) is 0.348. The molecule has 0 aliphatic carbocycles. The van der Waals surface area contributed by atoms with E-state index in [0.717, 1.165) is 59.3 Å². The fourth-order valence-corrected chi connectivity index (χ4v) is 4.20. The summed E-state index contributed by atoms with van der Waals surface area (Å²) >= 11 is 3.49. The number of hydrogen-bond acceptors (Lipinski definition) is 4. The second-order valence-corrected chi connectivity index (χ2v) is 8.65. The molecule has 1 saturated heterocycles. The van der Waals surface area contributed by atoms with Crippen molar-refractivity contribution in [2.75, 3.05) is 39.8 Å². The van der Waals surface area contributed by atoms with Crippen LogP contribution in [0, 0.1) is 6.92 Å². The summed E-state index contributed by atoms with van der Waals surface area (Å²) < 4.78 is 6.87. The second-order valence-electron chi connectivity index (χ2n) is 7.74. The molecule has 29 heavy (non-hydrogen) atoms. The standard InChI is InChI=1S/C23H26BrN3O2/c1-16-19-14-18(24)8-9-21(19)29-22(16)23(28)25-20(17-6-4-3-5-7-17)15-27-12-10-26(2)11-13-27/h3-9,14,20H,10-13,15H2,1-2H3,(H,25,28). The van der Waals surface area contributed by atoms with Gasteiger partial charge in [-0.25, -0.2) is 0 Å². The van der Waals surface area contributed by atoms with Gasteiger partial charge in [-0.15, -0.1) is 0 Å². The highest BCUT2D eigenvalue weighted by atomic mass is 79.9. The van der Waals surface area contributed by atoms with Crippen LogP contribution in [-0.2, 0) is 0 Å². The fourth-order valence-electron chi connectivity index (χ4n) is 3.84. The Balaban J connectivity index is 1.57. The van der Waals surface area contributed by atoms with Crippen molar-refractivity contribution in [1.82, 2.24) is 15.1 Å². The Morgan fingerprint density at radius 1 is 1.14 bits per heavy atom. The topological polar surface area (TPSA) is 48.7 Å². The molecule has 1 aliphatic heterocycles. The largest absolute Gasteiger partial charge is 0.451 e. The van der Waals surface area contributed by atoms with Gasteiger partial charge in [0.2, 0.25) is 0 Å². The molecule has 1 amide bonds. The lowest BCUT2D eigenvalue weighted by atomic mass is 10.1. The van der Waals surface area contributed by atoms with Crippen LogP contribution in [0.4, 0.5) is 0 Å². The molecule has 1 N–H and O–H groups in total. The van der Waals surface area contributed by atoms with E-state index < -0.39 is 0 Å². The molecule has 1 atom stereocenters. The molecular weight excluding hydrogens is 430 g/mol. The van der Waals surface area contributed by atoms with Crippen molar-refractivity contribution in [3.8, 4) is 0 Å². The van der Waals surface area contributed by atoms with Crippen LogP contribution in [-0.4, -0.2) is 55.5 Å². The number of carbonyl (C=O) groups excluding carboxylic acids is 1. The van der Waals surface area contributed by atoms with E-state index in [4.69, 9.17) is 4.42 Å². The zero-order valence-electron chi connectivity index (χ0n) is 16.8. The van der Waals surface area contributed by atoms with Crippen LogP contribution in [0.5, 0.6) is 0 Å². The van der Waals surface area contributed by atoms with Gasteiger partial charge in [-0.2, -0.15) is 0 Å². The predicted molar refractivity (Wildman–Crippen MR) is 119 cm³/mol. The maximum Gasteiger partial charge on any atom is 0.287 e. The van der Waals surface area contributed by atoms with Gasteiger partial charge in [-0.1, -0.05) is 46.3 Å². The summed E-state index contributed by atoms with van der Waals surface area (Å²) in [6, 6.07) is 15.9. The minimum Gasteiger partial charge on any atom is -0.451 e. The normalized spacial score (nSPS) is 16.8. The van der Waals surface area contributed by atoms with Crippen LogP contribution in [0.3, 0.4) is 0 Å². The van der Waals surface area contributed by atoms with E-state index in [9.17, 15) is 4.79 Å². The first-order chi connectivity index (χ1) is 14.0. The van der Waals surface area contributed by atoms with E-state index in [1.54, 1.807) is 0 Å². The molecule has 2 heterocycles. The third-order valence-electron chi connectivity index (χ3n) is 5.65. The lowest BCUT2D eigenvalue weighted by Gasteiger charge is -2.35. The van der Waals surface area contributed by atoms with Gasteiger partial charge >= 0.3 is 0 Å².